The van der Waals surface area contributed by atoms with Crippen molar-refractivity contribution in [3.8, 4) is 11.5 Å². The zero-order chi connectivity index (χ0) is 11.4. The topological polar surface area (TPSA) is 9.23 Å². The van der Waals surface area contributed by atoms with Crippen LogP contribution in [-0.4, -0.2) is 22.7 Å². The minimum Gasteiger partial charge on any atom is -0.402 e. The zero-order valence-corrected chi connectivity index (χ0v) is 12.6. The fourth-order valence-corrected chi connectivity index (χ4v) is 3.18. The first-order valence-electron chi connectivity index (χ1n) is 5.22. The summed E-state index contributed by atoms with van der Waals surface area (Å²) in [5.74, 6) is 3.31. The normalized spacial score (nSPS) is 16.0. The highest BCUT2D eigenvalue weighted by atomic mass is 28.4. The first kappa shape index (κ1) is 14.0. The molecule has 1 unspecified atom stereocenters. The van der Waals surface area contributed by atoms with E-state index in [1.807, 2.05) is 0 Å². The van der Waals surface area contributed by atoms with Crippen molar-refractivity contribution in [2.24, 2.45) is 0 Å². The maximum Gasteiger partial charge on any atom is 0.185 e. The summed E-state index contributed by atoms with van der Waals surface area (Å²) in [7, 11) is -1.93. The summed E-state index contributed by atoms with van der Waals surface area (Å²) in [5, 5.41) is 0. The molecule has 3 heteroatoms. The van der Waals surface area contributed by atoms with Crippen LogP contribution in [0.5, 0.6) is 0 Å². The highest BCUT2D eigenvalue weighted by molar-refractivity contribution is 6.70. The Kier molecular flexibility index (Phi) is 5.14. The van der Waals surface area contributed by atoms with Crippen LogP contribution in [0.2, 0.25) is 32.7 Å². The third kappa shape index (κ3) is 6.41. The molecule has 0 N–H and O–H groups in total. The molecule has 1 radical (unpaired) electrons. The molecule has 0 spiro atoms. The van der Waals surface area contributed by atoms with Gasteiger partial charge in [0.15, 0.2) is 8.32 Å². The zero-order valence-electron chi connectivity index (χ0n) is 10.6. The van der Waals surface area contributed by atoms with Gasteiger partial charge in [0.2, 0.25) is 0 Å². The molecule has 0 aromatic rings. The van der Waals surface area contributed by atoms with E-state index in [0.29, 0.717) is 0 Å². The molecule has 0 saturated heterocycles. The SMILES string of the molecule is CCC(C)(C#C[Si](C)C)O[Si](C)(C)C. The van der Waals surface area contributed by atoms with Crippen molar-refractivity contribution < 1.29 is 4.43 Å². The Labute approximate surface area is 92.0 Å². The van der Waals surface area contributed by atoms with Gasteiger partial charge in [0.25, 0.3) is 0 Å². The lowest BCUT2D eigenvalue weighted by Gasteiger charge is -2.31. The molecule has 0 bridgehead atoms. The Morgan fingerprint density at radius 2 is 1.79 bits per heavy atom. The van der Waals surface area contributed by atoms with Crippen molar-refractivity contribution in [1.82, 2.24) is 0 Å². The molecule has 0 aliphatic heterocycles. The molecule has 14 heavy (non-hydrogen) atoms. The summed E-state index contributed by atoms with van der Waals surface area (Å²) in [4.78, 5) is 0. The van der Waals surface area contributed by atoms with Crippen LogP contribution < -0.4 is 0 Å². The molecule has 0 saturated carbocycles. The molecule has 0 rings (SSSR count). The second-order valence-electron chi connectivity index (χ2n) is 5.05. The maximum atomic E-state index is 6.11. The van der Waals surface area contributed by atoms with Crippen molar-refractivity contribution in [2.75, 3.05) is 0 Å². The summed E-state index contributed by atoms with van der Waals surface area (Å²) < 4.78 is 6.11. The first-order chi connectivity index (χ1) is 6.18. The number of hydrogen-bond acceptors (Lipinski definition) is 1. The van der Waals surface area contributed by atoms with E-state index in [1.54, 1.807) is 0 Å². The number of hydrogen-bond donors (Lipinski definition) is 0. The van der Waals surface area contributed by atoms with Crippen molar-refractivity contribution in [3.63, 3.8) is 0 Å². The lowest BCUT2D eigenvalue weighted by atomic mass is 10.1. The van der Waals surface area contributed by atoms with Crippen LogP contribution in [0, 0.1) is 11.5 Å². The molecule has 0 aliphatic carbocycles. The third-order valence-electron chi connectivity index (χ3n) is 1.78. The quantitative estimate of drug-likeness (QED) is 0.531. The average Bonchev–Trinajstić information content (AvgIpc) is 1.98. The molecule has 1 nitrogen and oxygen atoms in total. The van der Waals surface area contributed by atoms with Gasteiger partial charge >= 0.3 is 0 Å². The molecule has 0 heterocycles. The fourth-order valence-electron chi connectivity index (χ4n) is 1.12. The molecular formula is C11H23OSi2. The molecule has 0 amide bonds. The van der Waals surface area contributed by atoms with Gasteiger partial charge in [0, 0.05) is 0 Å². The summed E-state index contributed by atoms with van der Waals surface area (Å²) >= 11 is 0. The Balaban J connectivity index is 4.59. The summed E-state index contributed by atoms with van der Waals surface area (Å²) in [6.07, 6.45) is 0.972. The fraction of sp³-hybridized carbons (Fsp3) is 0.818. The molecule has 0 fully saturated rings. The van der Waals surface area contributed by atoms with Gasteiger partial charge in [-0.3, -0.25) is 0 Å². The first-order valence-corrected chi connectivity index (χ1v) is 11.1. The highest BCUT2D eigenvalue weighted by Crippen LogP contribution is 2.20. The molecule has 0 aromatic heterocycles. The summed E-state index contributed by atoms with van der Waals surface area (Å²) in [5.41, 5.74) is 3.09. The van der Waals surface area contributed by atoms with E-state index in [-0.39, 0.29) is 5.60 Å². The van der Waals surface area contributed by atoms with Crippen molar-refractivity contribution in [1.29, 1.82) is 0 Å². The van der Waals surface area contributed by atoms with Crippen LogP contribution in [0.25, 0.3) is 0 Å². The van der Waals surface area contributed by atoms with Gasteiger partial charge in [0.05, 0.1) is 0 Å². The molecule has 81 valence electrons. The molecular weight excluding hydrogens is 204 g/mol. The highest BCUT2D eigenvalue weighted by Gasteiger charge is 2.28. The van der Waals surface area contributed by atoms with Crippen molar-refractivity contribution in [2.45, 2.75) is 58.6 Å². The van der Waals surface area contributed by atoms with Gasteiger partial charge in [-0.05, 0) is 33.0 Å². The molecule has 1 atom stereocenters. The van der Waals surface area contributed by atoms with E-state index in [9.17, 15) is 0 Å². The van der Waals surface area contributed by atoms with E-state index in [2.05, 4.69) is 58.0 Å². The summed E-state index contributed by atoms with van der Waals surface area (Å²) in [6.45, 7) is 15.3. The molecule has 0 aromatic carbocycles. The maximum absolute atomic E-state index is 6.11. The number of rotatable bonds is 3. The monoisotopic (exact) mass is 227 g/mol. The van der Waals surface area contributed by atoms with Gasteiger partial charge < -0.3 is 4.43 Å². The Hall–Kier alpha value is -0.0462. The predicted octanol–water partition coefficient (Wildman–Crippen LogP) is 3.30. The lowest BCUT2D eigenvalue weighted by molar-refractivity contribution is 0.138. The van der Waals surface area contributed by atoms with Crippen molar-refractivity contribution in [3.05, 3.63) is 0 Å². The van der Waals surface area contributed by atoms with Gasteiger partial charge in [-0.15, -0.1) is 5.54 Å². The second-order valence-corrected chi connectivity index (χ2v) is 11.7. The smallest absolute Gasteiger partial charge is 0.185 e. The van der Waals surface area contributed by atoms with Crippen molar-refractivity contribution >= 4 is 17.1 Å². The van der Waals surface area contributed by atoms with Gasteiger partial charge in [0.1, 0.15) is 14.4 Å². The molecule has 0 aliphatic rings. The van der Waals surface area contributed by atoms with Crippen LogP contribution >= 0.6 is 0 Å². The average molecular weight is 227 g/mol. The Bertz CT molecular complexity index is 232. The lowest BCUT2D eigenvalue weighted by Crippen LogP contribution is -2.39. The third-order valence-corrected chi connectivity index (χ3v) is 3.47. The van der Waals surface area contributed by atoms with E-state index < -0.39 is 17.1 Å². The largest absolute Gasteiger partial charge is 0.402 e. The Morgan fingerprint density at radius 3 is 2.07 bits per heavy atom. The van der Waals surface area contributed by atoms with Crippen LogP contribution in [0.15, 0.2) is 0 Å². The van der Waals surface area contributed by atoms with Gasteiger partial charge in [-0.1, -0.05) is 25.9 Å². The van der Waals surface area contributed by atoms with Gasteiger partial charge in [-0.2, -0.15) is 0 Å². The van der Waals surface area contributed by atoms with Gasteiger partial charge in [-0.25, -0.2) is 0 Å². The van der Waals surface area contributed by atoms with E-state index in [4.69, 9.17) is 4.43 Å². The van der Waals surface area contributed by atoms with Crippen LogP contribution in [0.4, 0.5) is 0 Å². The minimum absolute atomic E-state index is 0.216. The van der Waals surface area contributed by atoms with Crippen LogP contribution in [0.3, 0.4) is 0 Å². The standard InChI is InChI=1S/C11H23OSi2/c1-8-11(2,9-10-13(3)4)12-14(5,6)7/h8H2,1-7H3. The van der Waals surface area contributed by atoms with E-state index in [1.165, 1.54) is 0 Å². The second kappa shape index (κ2) is 5.15. The minimum atomic E-state index is -1.48. The van der Waals surface area contributed by atoms with E-state index in [0.717, 1.165) is 6.42 Å². The Morgan fingerprint density at radius 1 is 1.29 bits per heavy atom. The predicted molar refractivity (Wildman–Crippen MR) is 68.4 cm³/mol. The summed E-state index contributed by atoms with van der Waals surface area (Å²) in [6, 6.07) is 0. The van der Waals surface area contributed by atoms with E-state index >= 15 is 0 Å². The van der Waals surface area contributed by atoms with Crippen LogP contribution in [-0.2, 0) is 4.43 Å². The van der Waals surface area contributed by atoms with Crippen LogP contribution in [0.1, 0.15) is 20.3 Å².